The first-order chi connectivity index (χ1) is 10.2. The maximum Gasteiger partial charge on any atom is 0.326 e. The molecule has 3 unspecified atom stereocenters. The molecule has 1 saturated heterocycles. The molecule has 1 aliphatic heterocycles. The van der Waals surface area contributed by atoms with E-state index in [-0.39, 0.29) is 6.04 Å². The van der Waals surface area contributed by atoms with Gasteiger partial charge in [0, 0.05) is 17.6 Å². The van der Waals surface area contributed by atoms with Crippen LogP contribution >= 0.6 is 11.5 Å². The Morgan fingerprint density at radius 2 is 2.05 bits per heavy atom. The Morgan fingerprint density at radius 3 is 2.76 bits per heavy atom. The molecule has 0 spiro atoms. The summed E-state index contributed by atoms with van der Waals surface area (Å²) in [5.41, 5.74) is 0. The second-order valence-corrected chi connectivity index (χ2v) is 6.28. The number of rotatable bonds is 2. The maximum absolute atomic E-state index is 12.5. The summed E-state index contributed by atoms with van der Waals surface area (Å²) in [6.07, 6.45) is 5.54. The minimum atomic E-state index is -0.940. The largest absolute Gasteiger partial charge is 0.480 e. The quantitative estimate of drug-likeness (QED) is 0.858. The number of hydrogen-bond donors (Lipinski definition) is 2. The third-order valence-electron chi connectivity index (χ3n) is 4.41. The van der Waals surface area contributed by atoms with Gasteiger partial charge in [-0.05, 0) is 36.8 Å². The van der Waals surface area contributed by atoms with E-state index >= 15 is 0 Å². The summed E-state index contributed by atoms with van der Waals surface area (Å²) in [6, 6.07) is -1.16. The van der Waals surface area contributed by atoms with Crippen LogP contribution in [-0.2, 0) is 4.79 Å². The van der Waals surface area contributed by atoms with E-state index < -0.39 is 18.0 Å². The Balaban J connectivity index is 1.81. The normalized spacial score (nSPS) is 28.8. The van der Waals surface area contributed by atoms with E-state index in [1.807, 2.05) is 0 Å². The van der Waals surface area contributed by atoms with Gasteiger partial charge < -0.3 is 10.0 Å². The van der Waals surface area contributed by atoms with Crippen molar-refractivity contribution in [2.45, 2.75) is 50.6 Å². The number of amides is 2. The summed E-state index contributed by atoms with van der Waals surface area (Å²) in [4.78, 5) is 25.5. The molecule has 1 aliphatic carbocycles. The molecule has 0 radical (unpaired) electrons. The molecule has 2 amide bonds. The van der Waals surface area contributed by atoms with Crippen LogP contribution in [0.25, 0.3) is 0 Å². The van der Waals surface area contributed by atoms with Crippen molar-refractivity contribution >= 4 is 28.7 Å². The number of carboxylic acid groups (broad SMARTS) is 1. The zero-order valence-electron chi connectivity index (χ0n) is 11.4. The predicted molar refractivity (Wildman–Crippen MR) is 75.0 cm³/mol. The van der Waals surface area contributed by atoms with Gasteiger partial charge in [0.25, 0.3) is 0 Å². The Hall–Kier alpha value is -1.77. The number of nitrogens with one attached hydrogen (secondary N) is 1. The van der Waals surface area contributed by atoms with Crippen molar-refractivity contribution in [3.05, 3.63) is 0 Å². The molecule has 1 aromatic heterocycles. The Kier molecular flexibility index (Phi) is 4.00. The molecule has 3 atom stereocenters. The second kappa shape index (κ2) is 5.92. The van der Waals surface area contributed by atoms with Crippen LogP contribution in [0.4, 0.5) is 9.93 Å². The number of aliphatic carboxylic acids is 1. The van der Waals surface area contributed by atoms with E-state index in [9.17, 15) is 14.7 Å². The summed E-state index contributed by atoms with van der Waals surface area (Å²) < 4.78 is 3.59. The van der Waals surface area contributed by atoms with Gasteiger partial charge in [0.2, 0.25) is 5.13 Å². The average molecular weight is 311 g/mol. The minimum Gasteiger partial charge on any atom is -0.480 e. The van der Waals surface area contributed by atoms with Gasteiger partial charge in [0.15, 0.2) is 0 Å². The highest BCUT2D eigenvalue weighted by Crippen LogP contribution is 2.38. The lowest BCUT2D eigenvalue weighted by Gasteiger charge is -2.46. The monoisotopic (exact) mass is 311 g/mol. The molecular formula is C12H17N5O3S. The Morgan fingerprint density at radius 1 is 1.24 bits per heavy atom. The fourth-order valence-electron chi connectivity index (χ4n) is 3.51. The molecule has 2 heterocycles. The van der Waals surface area contributed by atoms with Gasteiger partial charge >= 0.3 is 12.0 Å². The Labute approximate surface area is 125 Å². The number of nitrogens with zero attached hydrogens (tertiary/aromatic N) is 4. The summed E-state index contributed by atoms with van der Waals surface area (Å²) >= 11 is 0.976. The van der Waals surface area contributed by atoms with Crippen molar-refractivity contribution in [3.8, 4) is 0 Å². The van der Waals surface area contributed by atoms with Gasteiger partial charge in [-0.25, -0.2) is 9.59 Å². The number of aromatic nitrogens is 3. The summed E-state index contributed by atoms with van der Waals surface area (Å²) in [7, 11) is 0. The van der Waals surface area contributed by atoms with Gasteiger partial charge in [-0.2, -0.15) is 0 Å². The van der Waals surface area contributed by atoms with Crippen molar-refractivity contribution in [1.29, 1.82) is 0 Å². The molecular weight excluding hydrogens is 294 g/mol. The molecule has 1 aromatic rings. The van der Waals surface area contributed by atoms with Crippen molar-refractivity contribution in [1.82, 2.24) is 19.7 Å². The highest BCUT2D eigenvalue weighted by Gasteiger charge is 2.44. The zero-order valence-corrected chi connectivity index (χ0v) is 12.3. The standard InChI is InChI=1S/C12H17N5O3S/c18-10(19)9-6-5-7-3-1-2-4-8(7)17(9)12(20)13-11-14-15-16-21-11/h7-9H,1-6H2,(H,18,19)(H,13,14,16,20). The summed E-state index contributed by atoms with van der Waals surface area (Å²) in [5, 5.41) is 19.4. The van der Waals surface area contributed by atoms with Gasteiger partial charge in [-0.1, -0.05) is 22.4 Å². The predicted octanol–water partition coefficient (Wildman–Crippen LogP) is 1.57. The Bertz CT molecular complexity index is 523. The first-order valence-corrected chi connectivity index (χ1v) is 7.91. The van der Waals surface area contributed by atoms with Crippen LogP contribution in [0.2, 0.25) is 0 Å². The molecule has 0 bridgehead atoms. The third-order valence-corrected chi connectivity index (χ3v) is 4.92. The van der Waals surface area contributed by atoms with Crippen LogP contribution in [-0.4, -0.2) is 48.9 Å². The van der Waals surface area contributed by atoms with Gasteiger partial charge in [-0.3, -0.25) is 5.32 Å². The van der Waals surface area contributed by atoms with E-state index in [0.29, 0.717) is 17.5 Å². The molecule has 2 N–H and O–H groups in total. The number of carboxylic acids is 1. The van der Waals surface area contributed by atoms with Gasteiger partial charge in [0.1, 0.15) is 6.04 Å². The highest BCUT2D eigenvalue weighted by molar-refractivity contribution is 7.09. The molecule has 8 nitrogen and oxygen atoms in total. The number of carbonyl (C=O) groups excluding carboxylic acids is 1. The van der Waals surface area contributed by atoms with Crippen LogP contribution in [0.1, 0.15) is 38.5 Å². The third kappa shape index (κ3) is 2.82. The topological polar surface area (TPSA) is 108 Å². The summed E-state index contributed by atoms with van der Waals surface area (Å²) in [5.74, 6) is -0.530. The van der Waals surface area contributed by atoms with Crippen molar-refractivity contribution in [2.24, 2.45) is 5.92 Å². The molecule has 0 aromatic carbocycles. The number of carbonyl (C=O) groups is 2. The van der Waals surface area contributed by atoms with E-state index in [1.54, 1.807) is 0 Å². The number of fused-ring (bicyclic) bond motifs is 1. The molecule has 2 aliphatic rings. The number of anilines is 1. The fourth-order valence-corrected chi connectivity index (χ4v) is 3.86. The lowest BCUT2D eigenvalue weighted by atomic mass is 9.76. The van der Waals surface area contributed by atoms with Gasteiger partial charge in [0.05, 0.1) is 0 Å². The first kappa shape index (κ1) is 14.2. The SMILES string of the molecule is O=C(O)C1CCC2CCCCC2N1C(=O)Nc1nnns1. The van der Waals surface area contributed by atoms with Crippen molar-refractivity contribution in [3.63, 3.8) is 0 Å². The van der Waals surface area contributed by atoms with E-state index in [1.165, 1.54) is 4.90 Å². The second-order valence-electron chi connectivity index (χ2n) is 5.55. The molecule has 21 heavy (non-hydrogen) atoms. The zero-order chi connectivity index (χ0) is 14.8. The molecule has 3 rings (SSSR count). The van der Waals surface area contributed by atoms with Crippen molar-refractivity contribution < 1.29 is 14.7 Å². The average Bonchev–Trinajstić information content (AvgIpc) is 2.98. The first-order valence-electron chi connectivity index (χ1n) is 7.14. The highest BCUT2D eigenvalue weighted by atomic mass is 32.1. The number of hydrogen-bond acceptors (Lipinski definition) is 6. The van der Waals surface area contributed by atoms with Crippen LogP contribution in [0, 0.1) is 5.92 Å². The fraction of sp³-hybridized carbons (Fsp3) is 0.750. The number of piperidine rings is 1. The molecule has 9 heteroatoms. The molecule has 114 valence electrons. The van der Waals surface area contributed by atoms with Crippen molar-refractivity contribution in [2.75, 3.05) is 5.32 Å². The van der Waals surface area contributed by atoms with Crippen LogP contribution in [0.15, 0.2) is 0 Å². The van der Waals surface area contributed by atoms with Crippen LogP contribution in [0.3, 0.4) is 0 Å². The minimum absolute atomic E-state index is 0.00878. The van der Waals surface area contributed by atoms with E-state index in [0.717, 1.165) is 43.6 Å². The number of likely N-dealkylation sites (tertiary alicyclic amines) is 1. The van der Waals surface area contributed by atoms with Crippen LogP contribution < -0.4 is 5.32 Å². The lowest BCUT2D eigenvalue weighted by molar-refractivity contribution is -0.145. The van der Waals surface area contributed by atoms with Crippen LogP contribution in [0.5, 0.6) is 0 Å². The van der Waals surface area contributed by atoms with E-state index in [2.05, 4.69) is 20.1 Å². The summed E-state index contributed by atoms with van der Waals surface area (Å²) in [6.45, 7) is 0. The number of urea groups is 1. The lowest BCUT2D eigenvalue weighted by Crippen LogP contribution is -2.58. The van der Waals surface area contributed by atoms with Gasteiger partial charge in [-0.15, -0.1) is 0 Å². The smallest absolute Gasteiger partial charge is 0.326 e. The molecule has 2 fully saturated rings. The maximum atomic E-state index is 12.5. The molecule has 1 saturated carbocycles. The van der Waals surface area contributed by atoms with E-state index in [4.69, 9.17) is 0 Å².